The van der Waals surface area contributed by atoms with E-state index in [0.717, 1.165) is 47.8 Å². The van der Waals surface area contributed by atoms with Gasteiger partial charge in [-0.05, 0) is 48.2 Å². The van der Waals surface area contributed by atoms with Crippen molar-refractivity contribution in [2.24, 2.45) is 0 Å². The molecule has 144 valence electrons. The van der Waals surface area contributed by atoms with E-state index in [1.807, 2.05) is 42.5 Å². The SMILES string of the molecule is CCCCOc1cccc(CNC(=O)CCc2ccc3c(c2)OCCO3)c1. The van der Waals surface area contributed by atoms with Gasteiger partial charge in [-0.25, -0.2) is 0 Å². The molecule has 27 heavy (non-hydrogen) atoms. The lowest BCUT2D eigenvalue weighted by Crippen LogP contribution is -2.23. The Labute approximate surface area is 160 Å². The molecule has 2 aromatic rings. The van der Waals surface area contributed by atoms with Gasteiger partial charge in [0.15, 0.2) is 11.5 Å². The highest BCUT2D eigenvalue weighted by Gasteiger charge is 2.12. The summed E-state index contributed by atoms with van der Waals surface area (Å²) in [6, 6.07) is 13.7. The van der Waals surface area contributed by atoms with E-state index in [1.165, 1.54) is 0 Å². The summed E-state index contributed by atoms with van der Waals surface area (Å²) in [6.45, 7) is 4.52. The molecule has 0 radical (unpaired) electrons. The van der Waals surface area contributed by atoms with Crippen molar-refractivity contribution in [2.75, 3.05) is 19.8 Å². The predicted octanol–water partition coefficient (Wildman–Crippen LogP) is 3.89. The molecule has 0 saturated carbocycles. The van der Waals surface area contributed by atoms with Crippen LogP contribution in [0, 0.1) is 0 Å². The molecule has 1 amide bonds. The largest absolute Gasteiger partial charge is 0.494 e. The second-order valence-electron chi connectivity index (χ2n) is 6.60. The van der Waals surface area contributed by atoms with Crippen LogP contribution in [0.1, 0.15) is 37.3 Å². The number of hydrogen-bond donors (Lipinski definition) is 1. The van der Waals surface area contributed by atoms with Gasteiger partial charge in [0.25, 0.3) is 0 Å². The monoisotopic (exact) mass is 369 g/mol. The highest BCUT2D eigenvalue weighted by Crippen LogP contribution is 2.31. The standard InChI is InChI=1S/C22H27NO4/c1-2-3-11-25-19-6-4-5-18(14-19)16-23-22(24)10-8-17-7-9-20-21(15-17)27-13-12-26-20/h4-7,9,14-15H,2-3,8,10-13,16H2,1H3,(H,23,24). The molecule has 0 aliphatic carbocycles. The molecule has 3 rings (SSSR count). The Morgan fingerprint density at radius 2 is 1.93 bits per heavy atom. The van der Waals surface area contributed by atoms with Crippen LogP contribution in [-0.4, -0.2) is 25.7 Å². The molecule has 5 nitrogen and oxygen atoms in total. The van der Waals surface area contributed by atoms with Crippen LogP contribution in [0.2, 0.25) is 0 Å². The Balaban J connectivity index is 1.44. The normalized spacial score (nSPS) is 12.5. The topological polar surface area (TPSA) is 56.8 Å². The number of ether oxygens (including phenoxy) is 3. The number of rotatable bonds is 9. The average molecular weight is 369 g/mol. The first-order chi connectivity index (χ1) is 13.2. The summed E-state index contributed by atoms with van der Waals surface area (Å²) >= 11 is 0. The molecule has 0 bridgehead atoms. The Morgan fingerprint density at radius 1 is 1.07 bits per heavy atom. The van der Waals surface area contributed by atoms with Crippen LogP contribution in [0.3, 0.4) is 0 Å². The number of fused-ring (bicyclic) bond motifs is 1. The molecule has 0 atom stereocenters. The minimum absolute atomic E-state index is 0.0298. The minimum atomic E-state index is 0.0298. The number of amides is 1. The van der Waals surface area contributed by atoms with Crippen molar-refractivity contribution < 1.29 is 19.0 Å². The smallest absolute Gasteiger partial charge is 0.220 e. The van der Waals surface area contributed by atoms with E-state index in [2.05, 4.69) is 12.2 Å². The summed E-state index contributed by atoms with van der Waals surface area (Å²) in [5.41, 5.74) is 2.11. The van der Waals surface area contributed by atoms with Crippen LogP contribution in [0.5, 0.6) is 17.2 Å². The van der Waals surface area contributed by atoms with Gasteiger partial charge >= 0.3 is 0 Å². The van der Waals surface area contributed by atoms with Crippen LogP contribution in [0.4, 0.5) is 0 Å². The van der Waals surface area contributed by atoms with Crippen molar-refractivity contribution in [1.82, 2.24) is 5.32 Å². The number of benzene rings is 2. The molecule has 0 unspecified atom stereocenters. The van der Waals surface area contributed by atoms with Gasteiger partial charge in [0.1, 0.15) is 19.0 Å². The van der Waals surface area contributed by atoms with Gasteiger partial charge in [-0.15, -0.1) is 0 Å². The molecule has 0 fully saturated rings. The van der Waals surface area contributed by atoms with Gasteiger partial charge < -0.3 is 19.5 Å². The number of nitrogens with one attached hydrogen (secondary N) is 1. The molecular weight excluding hydrogens is 342 g/mol. The molecule has 1 N–H and O–H groups in total. The zero-order valence-electron chi connectivity index (χ0n) is 15.8. The second-order valence-corrected chi connectivity index (χ2v) is 6.60. The summed E-state index contributed by atoms with van der Waals surface area (Å²) in [5, 5.41) is 2.98. The Hall–Kier alpha value is -2.69. The molecular formula is C22H27NO4. The quantitative estimate of drug-likeness (QED) is 0.682. The molecule has 0 saturated heterocycles. The van der Waals surface area contributed by atoms with Gasteiger partial charge in [0, 0.05) is 13.0 Å². The molecule has 2 aromatic carbocycles. The van der Waals surface area contributed by atoms with E-state index >= 15 is 0 Å². The third-order valence-electron chi connectivity index (χ3n) is 4.40. The number of hydrogen-bond acceptors (Lipinski definition) is 4. The van der Waals surface area contributed by atoms with Crippen LogP contribution >= 0.6 is 0 Å². The molecule has 1 aliphatic rings. The summed E-state index contributed by atoms with van der Waals surface area (Å²) in [5.74, 6) is 2.42. The molecule has 5 heteroatoms. The summed E-state index contributed by atoms with van der Waals surface area (Å²) in [4.78, 5) is 12.2. The minimum Gasteiger partial charge on any atom is -0.494 e. The lowest BCUT2D eigenvalue weighted by molar-refractivity contribution is -0.121. The molecule has 0 aromatic heterocycles. The highest BCUT2D eigenvalue weighted by atomic mass is 16.6. The average Bonchev–Trinajstić information content (AvgIpc) is 2.71. The van der Waals surface area contributed by atoms with Crippen molar-refractivity contribution in [1.29, 1.82) is 0 Å². The molecule has 1 aliphatic heterocycles. The van der Waals surface area contributed by atoms with Crippen molar-refractivity contribution in [3.05, 3.63) is 53.6 Å². The number of carbonyl (C=O) groups excluding carboxylic acids is 1. The lowest BCUT2D eigenvalue weighted by Gasteiger charge is -2.18. The second kappa shape index (κ2) is 9.86. The third-order valence-corrected chi connectivity index (χ3v) is 4.40. The lowest BCUT2D eigenvalue weighted by atomic mass is 10.1. The van der Waals surface area contributed by atoms with Crippen molar-refractivity contribution in [3.8, 4) is 17.2 Å². The number of unbranched alkanes of at least 4 members (excludes halogenated alkanes) is 1. The number of carbonyl (C=O) groups is 1. The fourth-order valence-electron chi connectivity index (χ4n) is 2.87. The predicted molar refractivity (Wildman–Crippen MR) is 104 cm³/mol. The van der Waals surface area contributed by atoms with E-state index in [0.29, 0.717) is 32.6 Å². The van der Waals surface area contributed by atoms with E-state index in [9.17, 15) is 4.79 Å². The van der Waals surface area contributed by atoms with Crippen LogP contribution in [0.25, 0.3) is 0 Å². The van der Waals surface area contributed by atoms with Gasteiger partial charge in [0.05, 0.1) is 6.61 Å². The van der Waals surface area contributed by atoms with Crippen molar-refractivity contribution in [3.63, 3.8) is 0 Å². The molecule has 1 heterocycles. The van der Waals surface area contributed by atoms with Gasteiger partial charge in [-0.3, -0.25) is 4.79 Å². The maximum atomic E-state index is 12.2. The zero-order chi connectivity index (χ0) is 18.9. The van der Waals surface area contributed by atoms with Gasteiger partial charge in [0.2, 0.25) is 5.91 Å². The van der Waals surface area contributed by atoms with E-state index in [4.69, 9.17) is 14.2 Å². The Bertz CT molecular complexity index is 760. The maximum absolute atomic E-state index is 12.2. The van der Waals surface area contributed by atoms with Crippen LogP contribution in [0.15, 0.2) is 42.5 Å². The van der Waals surface area contributed by atoms with Crippen molar-refractivity contribution >= 4 is 5.91 Å². The van der Waals surface area contributed by atoms with Gasteiger partial charge in [-0.2, -0.15) is 0 Å². The first kappa shape index (κ1) is 19.1. The van der Waals surface area contributed by atoms with Gasteiger partial charge in [-0.1, -0.05) is 31.5 Å². The Morgan fingerprint density at radius 3 is 2.78 bits per heavy atom. The number of aryl methyl sites for hydroxylation is 1. The van der Waals surface area contributed by atoms with Crippen LogP contribution in [-0.2, 0) is 17.8 Å². The fraction of sp³-hybridized carbons (Fsp3) is 0.409. The summed E-state index contributed by atoms with van der Waals surface area (Å²) < 4.78 is 16.8. The maximum Gasteiger partial charge on any atom is 0.220 e. The van der Waals surface area contributed by atoms with Crippen molar-refractivity contribution in [2.45, 2.75) is 39.2 Å². The fourth-order valence-corrected chi connectivity index (χ4v) is 2.87. The Kier molecular flexibility index (Phi) is 6.97. The molecule has 0 spiro atoms. The summed E-state index contributed by atoms with van der Waals surface area (Å²) in [7, 11) is 0. The van der Waals surface area contributed by atoms with E-state index in [-0.39, 0.29) is 5.91 Å². The first-order valence-corrected chi connectivity index (χ1v) is 9.61. The van der Waals surface area contributed by atoms with E-state index in [1.54, 1.807) is 0 Å². The summed E-state index contributed by atoms with van der Waals surface area (Å²) in [6.07, 6.45) is 3.26. The first-order valence-electron chi connectivity index (χ1n) is 9.61. The van der Waals surface area contributed by atoms with Crippen LogP contribution < -0.4 is 19.5 Å². The highest BCUT2D eigenvalue weighted by molar-refractivity contribution is 5.76. The van der Waals surface area contributed by atoms with E-state index < -0.39 is 0 Å². The third kappa shape index (κ3) is 5.91. The zero-order valence-corrected chi connectivity index (χ0v) is 15.8.